The Kier molecular flexibility index (Phi) is 5.37. The molecule has 0 spiro atoms. The number of halogens is 6. The lowest BCUT2D eigenvalue weighted by molar-refractivity contribution is -0.420. The van der Waals surface area contributed by atoms with Crippen molar-refractivity contribution >= 4 is 7.82 Å². The van der Waals surface area contributed by atoms with Crippen molar-refractivity contribution in [2.45, 2.75) is 62.8 Å². The van der Waals surface area contributed by atoms with Crippen LogP contribution in [0.3, 0.4) is 0 Å². The zero-order valence-electron chi connectivity index (χ0n) is 12.0. The van der Waals surface area contributed by atoms with Crippen molar-refractivity contribution in [3.63, 3.8) is 0 Å². The van der Waals surface area contributed by atoms with Crippen molar-refractivity contribution < 1.29 is 44.7 Å². The van der Waals surface area contributed by atoms with Gasteiger partial charge in [0, 0.05) is 0 Å². The average molecular weight is 371 g/mol. The molecule has 0 amide bonds. The summed E-state index contributed by atoms with van der Waals surface area (Å²) in [6, 6.07) is 0. The Morgan fingerprint density at radius 1 is 0.913 bits per heavy atom. The van der Waals surface area contributed by atoms with E-state index >= 15 is 0 Å². The summed E-state index contributed by atoms with van der Waals surface area (Å²) < 4.78 is 103. The molecule has 5 nitrogen and oxygen atoms in total. The number of fused-ring (bicyclic) bond motifs is 7. The van der Waals surface area contributed by atoms with Gasteiger partial charge in [0.2, 0.25) is 0 Å². The lowest BCUT2D eigenvalue weighted by atomic mass is 9.85. The lowest BCUT2D eigenvalue weighted by Crippen LogP contribution is -2.56. The van der Waals surface area contributed by atoms with E-state index in [9.17, 15) is 30.9 Å². The predicted octanol–water partition coefficient (Wildman–Crippen LogP) is 4.90. The Balaban J connectivity index is 2.28. The molecule has 23 heavy (non-hydrogen) atoms. The topological polar surface area (TPSA) is 48.0 Å². The molecule has 0 N–H and O–H groups in total. The van der Waals surface area contributed by atoms with Gasteiger partial charge in [0.1, 0.15) is 0 Å². The molecule has 0 aliphatic carbocycles. The molecule has 0 atom stereocenters. The van der Waals surface area contributed by atoms with Crippen molar-refractivity contribution in [1.29, 1.82) is 0 Å². The van der Waals surface area contributed by atoms with Gasteiger partial charge in [-0.15, -0.1) is 0 Å². The molecule has 0 aromatic carbocycles. The van der Waals surface area contributed by atoms with E-state index in [0.29, 0.717) is 19.3 Å². The monoisotopic (exact) mass is 371 g/mol. The third-order valence-corrected chi connectivity index (χ3v) is 4.78. The van der Waals surface area contributed by atoms with Crippen LogP contribution >= 0.6 is 7.82 Å². The van der Waals surface area contributed by atoms with Crippen LogP contribution in [0.4, 0.5) is 26.3 Å². The van der Waals surface area contributed by atoms with Crippen LogP contribution in [0.5, 0.6) is 0 Å². The molecule has 3 aliphatic heterocycles. The van der Waals surface area contributed by atoms with Gasteiger partial charge in [-0.3, -0.25) is 4.52 Å². The van der Waals surface area contributed by atoms with Crippen LogP contribution in [0.15, 0.2) is 0 Å². The largest absolute Gasteiger partial charge is 0.512 e. The molecule has 2 bridgehead atoms. The quantitative estimate of drug-likeness (QED) is 0.511. The number of hydrogen-bond acceptors (Lipinski definition) is 5. The Morgan fingerprint density at radius 2 is 1.43 bits per heavy atom. The molecule has 0 unspecified atom stereocenters. The van der Waals surface area contributed by atoms with Gasteiger partial charge in [-0.25, -0.2) is 4.57 Å². The van der Waals surface area contributed by atoms with Gasteiger partial charge in [-0.1, -0.05) is 19.3 Å². The van der Waals surface area contributed by atoms with E-state index in [0.717, 1.165) is 0 Å². The molecule has 136 valence electrons. The molecular weight excluding hydrogens is 355 g/mol. The third kappa shape index (κ3) is 5.32. The first-order chi connectivity index (χ1) is 10.4. The molecule has 3 heterocycles. The first-order valence-electron chi connectivity index (χ1n) is 7.01. The maximum absolute atomic E-state index is 12.8. The lowest BCUT2D eigenvalue weighted by Gasteiger charge is -2.47. The molecule has 3 aliphatic rings. The summed E-state index contributed by atoms with van der Waals surface area (Å²) in [4.78, 5) is 0. The maximum Gasteiger partial charge on any atom is 0.512 e. The Morgan fingerprint density at radius 3 is 1.96 bits per heavy atom. The number of alkyl halides is 6. The van der Waals surface area contributed by atoms with Crippen molar-refractivity contribution in [3.8, 4) is 0 Å². The fourth-order valence-corrected chi connectivity index (χ4v) is 3.87. The number of rotatable bonds is 2. The first-order valence-corrected chi connectivity index (χ1v) is 8.47. The van der Waals surface area contributed by atoms with E-state index in [2.05, 4.69) is 9.25 Å². The molecule has 3 fully saturated rings. The summed E-state index contributed by atoms with van der Waals surface area (Å²) in [5, 5.41) is 0.0834. The van der Waals surface area contributed by atoms with Crippen LogP contribution in [0, 0.1) is 0 Å². The minimum Gasteiger partial charge on any atom is -0.285 e. The maximum atomic E-state index is 12.8. The second-order valence-corrected chi connectivity index (χ2v) is 7.15. The van der Waals surface area contributed by atoms with Gasteiger partial charge in [0.15, 0.2) is 0 Å². The van der Waals surface area contributed by atoms with E-state index in [1.54, 1.807) is 0 Å². The van der Waals surface area contributed by atoms with Crippen LogP contribution < -0.4 is 0 Å². The fraction of sp³-hybridized carbons (Fsp3) is 1.00. The Hall–Kier alpha value is -0.350. The average Bonchev–Trinajstić information content (AvgIpc) is 2.33. The van der Waals surface area contributed by atoms with Crippen LogP contribution in [0.25, 0.3) is 0 Å². The third-order valence-electron chi connectivity index (χ3n) is 3.58. The molecule has 0 aromatic rings. The molecular formula is C11H16F6NO4P. The van der Waals surface area contributed by atoms with Gasteiger partial charge in [-0.2, -0.15) is 35.6 Å². The standard InChI is InChI=1S/C11H16F6NO4P/c12-10(13,14)7-9(8-11(15,16)17)5-3-1-2-4-6-20-23(19)21-18(9)22-23/h1-8H2. The second-order valence-electron chi connectivity index (χ2n) is 5.67. The molecule has 0 radical (unpaired) electrons. The molecule has 12 heteroatoms. The van der Waals surface area contributed by atoms with Crippen LogP contribution in [-0.4, -0.2) is 29.7 Å². The number of phosphoric acid groups is 1. The summed E-state index contributed by atoms with van der Waals surface area (Å²) in [5.74, 6) is 0. The van der Waals surface area contributed by atoms with Gasteiger partial charge in [-0.05, 0) is 18.1 Å². The fourth-order valence-electron chi connectivity index (χ4n) is 2.70. The summed E-state index contributed by atoms with van der Waals surface area (Å²) in [7, 11) is -4.10. The van der Waals surface area contributed by atoms with Gasteiger partial charge >= 0.3 is 20.2 Å². The SMILES string of the molecule is O=P12OCCCCCCC(CC(F)(F)F)(CC(F)(F)F)N(O1)O2. The smallest absolute Gasteiger partial charge is 0.285 e. The van der Waals surface area contributed by atoms with E-state index in [4.69, 9.17) is 4.52 Å². The summed E-state index contributed by atoms with van der Waals surface area (Å²) in [5.41, 5.74) is -2.52. The predicted molar refractivity (Wildman–Crippen MR) is 64.7 cm³/mol. The zero-order valence-corrected chi connectivity index (χ0v) is 12.8. The molecule has 0 aromatic heterocycles. The zero-order chi connectivity index (χ0) is 17.4. The van der Waals surface area contributed by atoms with Crippen molar-refractivity contribution in [3.05, 3.63) is 0 Å². The normalized spacial score (nSPS) is 32.7. The second kappa shape index (κ2) is 6.51. The van der Waals surface area contributed by atoms with Gasteiger partial charge < -0.3 is 0 Å². The minimum atomic E-state index is -4.88. The Labute approximate surface area is 128 Å². The number of hydroxylamine groups is 2. The summed E-state index contributed by atoms with van der Waals surface area (Å²) >= 11 is 0. The highest BCUT2D eigenvalue weighted by Gasteiger charge is 2.61. The highest BCUT2D eigenvalue weighted by molar-refractivity contribution is 7.49. The summed E-state index contributed by atoms with van der Waals surface area (Å²) in [6.07, 6.45) is -12.2. The minimum absolute atomic E-state index is 0.00331. The highest BCUT2D eigenvalue weighted by atomic mass is 31.2. The van der Waals surface area contributed by atoms with Crippen LogP contribution in [-0.2, 0) is 18.3 Å². The van der Waals surface area contributed by atoms with E-state index in [1.807, 2.05) is 0 Å². The van der Waals surface area contributed by atoms with Crippen molar-refractivity contribution in [2.75, 3.05) is 6.61 Å². The van der Waals surface area contributed by atoms with Gasteiger partial charge in [0.05, 0.1) is 25.0 Å². The van der Waals surface area contributed by atoms with Crippen LogP contribution in [0.1, 0.15) is 44.9 Å². The molecule has 0 saturated carbocycles. The molecule has 3 saturated heterocycles. The first kappa shape index (κ1) is 19.0. The van der Waals surface area contributed by atoms with Crippen LogP contribution in [0.2, 0.25) is 0 Å². The molecule has 3 rings (SSSR count). The van der Waals surface area contributed by atoms with Gasteiger partial charge in [0.25, 0.3) is 0 Å². The van der Waals surface area contributed by atoms with E-state index < -0.39 is 45.0 Å². The Bertz CT molecular complexity index is 442. The van der Waals surface area contributed by atoms with E-state index in [-0.39, 0.29) is 18.3 Å². The number of nitrogens with zero attached hydrogens (tertiary/aromatic N) is 1. The van der Waals surface area contributed by atoms with E-state index in [1.165, 1.54) is 0 Å². The van der Waals surface area contributed by atoms with Crippen molar-refractivity contribution in [2.24, 2.45) is 0 Å². The van der Waals surface area contributed by atoms with Crippen molar-refractivity contribution in [1.82, 2.24) is 5.23 Å². The summed E-state index contributed by atoms with van der Waals surface area (Å²) in [6.45, 7) is -0.00331. The number of hydrogen-bond donors (Lipinski definition) is 0. The highest BCUT2D eigenvalue weighted by Crippen LogP contribution is 2.64.